The second-order valence-electron chi connectivity index (χ2n) is 7.22. The van der Waals surface area contributed by atoms with E-state index in [4.69, 9.17) is 5.73 Å². The first-order valence-electron chi connectivity index (χ1n) is 9.13. The Balaban J connectivity index is 1.81. The van der Waals surface area contributed by atoms with Crippen molar-refractivity contribution >= 4 is 39.1 Å². The average molecular weight is 419 g/mol. The lowest BCUT2D eigenvalue weighted by Crippen LogP contribution is -2.25. The number of fused-ring (bicyclic) bond motifs is 1. The van der Waals surface area contributed by atoms with E-state index in [2.05, 4.69) is 15.4 Å². The molecule has 1 unspecified atom stereocenters. The molecule has 1 fully saturated rings. The topological polar surface area (TPSA) is 103 Å². The van der Waals surface area contributed by atoms with E-state index in [9.17, 15) is 18.4 Å². The number of hydrogen-bond acceptors (Lipinski definition) is 5. The fourth-order valence-electron chi connectivity index (χ4n) is 3.26. The number of nitrogens with one attached hydrogen (secondary N) is 1. The molecular formula is C19H19F2N5O2S. The molecule has 1 saturated carbocycles. The summed E-state index contributed by atoms with van der Waals surface area (Å²) in [5, 5.41) is 7.44. The summed E-state index contributed by atoms with van der Waals surface area (Å²) in [5.74, 6) is -1.03. The van der Waals surface area contributed by atoms with E-state index >= 15 is 0 Å². The Kier molecular flexibility index (Phi) is 4.81. The number of aryl methyl sites for hydroxylation is 1. The molecule has 0 aliphatic heterocycles. The van der Waals surface area contributed by atoms with E-state index in [1.165, 1.54) is 10.7 Å². The van der Waals surface area contributed by atoms with E-state index in [-0.39, 0.29) is 27.0 Å². The van der Waals surface area contributed by atoms with Crippen LogP contribution in [0.4, 0.5) is 14.5 Å². The molecule has 3 heterocycles. The van der Waals surface area contributed by atoms with Crippen molar-refractivity contribution in [2.24, 2.45) is 5.73 Å². The van der Waals surface area contributed by atoms with E-state index < -0.39 is 24.3 Å². The Morgan fingerprint density at radius 1 is 1.38 bits per heavy atom. The lowest BCUT2D eigenvalue weighted by Gasteiger charge is -2.14. The summed E-state index contributed by atoms with van der Waals surface area (Å²) < 4.78 is 28.1. The summed E-state index contributed by atoms with van der Waals surface area (Å²) in [6.45, 7) is 3.54. The summed E-state index contributed by atoms with van der Waals surface area (Å²) in [4.78, 5) is 29.3. The number of thiophene rings is 1. The standard InChI is InChI=1S/C19H19F2N5O2S/c1-8-6-23-26(7-8)9(2)18(28)25-14-13-11(10-3-4-10)5-12(16(20)21)24-19(13)29-15(14)17(22)27/h5-7,9-10,16H,3-4H2,1-2H3,(H2,22,27)(H,25,28). The second-order valence-corrected chi connectivity index (χ2v) is 8.22. The van der Waals surface area contributed by atoms with Gasteiger partial charge in [0, 0.05) is 11.6 Å². The third-order valence-corrected chi connectivity index (χ3v) is 6.03. The van der Waals surface area contributed by atoms with E-state index in [1.54, 1.807) is 19.3 Å². The van der Waals surface area contributed by atoms with Gasteiger partial charge in [0.15, 0.2) is 0 Å². The van der Waals surface area contributed by atoms with Crippen LogP contribution in [-0.2, 0) is 4.79 Å². The zero-order valence-electron chi connectivity index (χ0n) is 15.8. The van der Waals surface area contributed by atoms with E-state index in [0.29, 0.717) is 10.9 Å². The van der Waals surface area contributed by atoms with Gasteiger partial charge >= 0.3 is 0 Å². The Morgan fingerprint density at radius 3 is 2.66 bits per heavy atom. The van der Waals surface area contributed by atoms with Gasteiger partial charge < -0.3 is 11.1 Å². The van der Waals surface area contributed by atoms with Crippen LogP contribution in [0.3, 0.4) is 0 Å². The predicted molar refractivity (Wildman–Crippen MR) is 105 cm³/mol. The highest BCUT2D eigenvalue weighted by molar-refractivity contribution is 7.21. The lowest BCUT2D eigenvalue weighted by molar-refractivity contribution is -0.119. The van der Waals surface area contributed by atoms with Crippen LogP contribution < -0.4 is 11.1 Å². The summed E-state index contributed by atoms with van der Waals surface area (Å²) in [5.41, 5.74) is 7.00. The number of carbonyl (C=O) groups is 2. The Labute approximate surface area is 168 Å². The van der Waals surface area contributed by atoms with Crippen LogP contribution in [0.2, 0.25) is 0 Å². The maximum Gasteiger partial charge on any atom is 0.280 e. The smallest absolute Gasteiger partial charge is 0.280 e. The van der Waals surface area contributed by atoms with Crippen molar-refractivity contribution in [1.82, 2.24) is 14.8 Å². The average Bonchev–Trinajstić information content (AvgIpc) is 3.33. The molecule has 1 aliphatic carbocycles. The molecule has 7 nitrogen and oxygen atoms in total. The van der Waals surface area contributed by atoms with Gasteiger partial charge in [0.25, 0.3) is 12.3 Å². The van der Waals surface area contributed by atoms with Crippen LogP contribution in [0, 0.1) is 6.92 Å². The van der Waals surface area contributed by atoms with Gasteiger partial charge in [0.1, 0.15) is 21.4 Å². The highest BCUT2D eigenvalue weighted by Crippen LogP contribution is 2.48. The van der Waals surface area contributed by atoms with Crippen LogP contribution in [-0.4, -0.2) is 26.6 Å². The summed E-state index contributed by atoms with van der Waals surface area (Å²) in [7, 11) is 0. The minimum atomic E-state index is -2.72. The third kappa shape index (κ3) is 3.59. The normalized spacial score (nSPS) is 15.1. The monoisotopic (exact) mass is 419 g/mol. The SMILES string of the molecule is Cc1cnn(C(C)C(=O)Nc2c(C(N)=O)sc3nc(C(F)F)cc(C4CC4)c23)c1. The number of halogens is 2. The number of nitrogens with zero attached hydrogens (tertiary/aromatic N) is 3. The molecule has 0 bridgehead atoms. The first-order valence-corrected chi connectivity index (χ1v) is 9.94. The van der Waals surface area contributed by atoms with Gasteiger partial charge in [0.05, 0.1) is 11.9 Å². The van der Waals surface area contributed by atoms with Crippen molar-refractivity contribution < 1.29 is 18.4 Å². The molecule has 10 heteroatoms. The van der Waals surface area contributed by atoms with Crippen LogP contribution >= 0.6 is 11.3 Å². The molecule has 0 aromatic carbocycles. The number of anilines is 1. The molecule has 1 aliphatic rings. The molecule has 3 aromatic rings. The van der Waals surface area contributed by atoms with Crippen molar-refractivity contribution in [2.75, 3.05) is 5.32 Å². The number of pyridine rings is 1. The number of primary amides is 1. The molecule has 0 saturated heterocycles. The van der Waals surface area contributed by atoms with E-state index in [1.807, 2.05) is 6.92 Å². The van der Waals surface area contributed by atoms with Crippen molar-refractivity contribution in [2.45, 2.75) is 45.1 Å². The van der Waals surface area contributed by atoms with Crippen molar-refractivity contribution in [3.8, 4) is 0 Å². The molecular weight excluding hydrogens is 400 g/mol. The molecule has 3 aromatic heterocycles. The fraction of sp³-hybridized carbons (Fsp3) is 0.368. The molecule has 4 rings (SSSR count). The number of nitrogens with two attached hydrogens (primary N) is 1. The van der Waals surface area contributed by atoms with Crippen molar-refractivity contribution in [1.29, 1.82) is 0 Å². The number of rotatable bonds is 6. The first-order chi connectivity index (χ1) is 13.8. The number of hydrogen-bond donors (Lipinski definition) is 2. The summed E-state index contributed by atoms with van der Waals surface area (Å²) >= 11 is 0.920. The summed E-state index contributed by atoms with van der Waals surface area (Å²) in [6, 6.07) is 0.731. The molecule has 0 spiro atoms. The summed E-state index contributed by atoms with van der Waals surface area (Å²) in [6.07, 6.45) is 2.37. The molecule has 29 heavy (non-hydrogen) atoms. The maximum absolute atomic E-state index is 13.3. The Morgan fingerprint density at radius 2 is 2.10 bits per heavy atom. The molecule has 3 N–H and O–H groups in total. The molecule has 2 amide bonds. The molecule has 1 atom stereocenters. The predicted octanol–water partition coefficient (Wildman–Crippen LogP) is 3.91. The van der Waals surface area contributed by atoms with Crippen LogP contribution in [0.25, 0.3) is 10.2 Å². The van der Waals surface area contributed by atoms with Crippen molar-refractivity contribution in [3.63, 3.8) is 0 Å². The number of aromatic nitrogens is 3. The fourth-order valence-corrected chi connectivity index (χ4v) is 4.28. The molecule has 152 valence electrons. The van der Waals surface area contributed by atoms with Crippen LogP contribution in [0.1, 0.15) is 64.6 Å². The minimum Gasteiger partial charge on any atom is -0.365 e. The van der Waals surface area contributed by atoms with Gasteiger partial charge in [-0.2, -0.15) is 5.10 Å². The van der Waals surface area contributed by atoms with Gasteiger partial charge in [-0.15, -0.1) is 11.3 Å². The first kappa shape index (κ1) is 19.4. The van der Waals surface area contributed by atoms with Crippen LogP contribution in [0.5, 0.6) is 0 Å². The van der Waals surface area contributed by atoms with Gasteiger partial charge in [-0.25, -0.2) is 13.8 Å². The number of carbonyl (C=O) groups excluding carboxylic acids is 2. The van der Waals surface area contributed by atoms with Gasteiger partial charge in [-0.3, -0.25) is 14.3 Å². The minimum absolute atomic E-state index is 0.0954. The maximum atomic E-state index is 13.3. The zero-order valence-corrected chi connectivity index (χ0v) is 16.6. The van der Waals surface area contributed by atoms with Gasteiger partial charge in [0.2, 0.25) is 5.91 Å². The van der Waals surface area contributed by atoms with Crippen molar-refractivity contribution in [3.05, 3.63) is 40.2 Å². The number of alkyl halides is 2. The quantitative estimate of drug-likeness (QED) is 0.632. The third-order valence-electron chi connectivity index (χ3n) is 4.93. The van der Waals surface area contributed by atoms with Gasteiger partial charge in [-0.05, 0) is 49.8 Å². The van der Waals surface area contributed by atoms with E-state index in [0.717, 1.165) is 29.7 Å². The Bertz CT molecular complexity index is 1120. The zero-order chi connectivity index (χ0) is 20.9. The largest absolute Gasteiger partial charge is 0.365 e. The number of amides is 2. The second kappa shape index (κ2) is 7.18. The van der Waals surface area contributed by atoms with Crippen LogP contribution in [0.15, 0.2) is 18.5 Å². The van der Waals surface area contributed by atoms with Gasteiger partial charge in [-0.1, -0.05) is 0 Å². The highest BCUT2D eigenvalue weighted by Gasteiger charge is 2.32. The lowest BCUT2D eigenvalue weighted by atomic mass is 10.0. The highest BCUT2D eigenvalue weighted by atomic mass is 32.1. The Hall–Kier alpha value is -2.88. The molecule has 0 radical (unpaired) electrons.